The highest BCUT2D eigenvalue weighted by atomic mass is 32.1. The lowest BCUT2D eigenvalue weighted by atomic mass is 10.2. The third kappa shape index (κ3) is 3.91. The lowest BCUT2D eigenvalue weighted by Crippen LogP contribution is -2.47. The molecule has 1 aromatic rings. The smallest absolute Gasteiger partial charge is 0.129 e. The predicted octanol–water partition coefficient (Wildman–Crippen LogP) is 1.81. The molecule has 110 valence electrons. The first-order chi connectivity index (χ1) is 9.58. The molecule has 1 aromatic carbocycles. The molecule has 0 spiro atoms. The van der Waals surface area contributed by atoms with E-state index in [9.17, 15) is 0 Å². The molecule has 1 heterocycles. The van der Waals surface area contributed by atoms with Crippen molar-refractivity contribution < 1.29 is 9.47 Å². The van der Waals surface area contributed by atoms with Crippen LogP contribution in [0.4, 0.5) is 0 Å². The van der Waals surface area contributed by atoms with Crippen molar-refractivity contribution in [1.82, 2.24) is 4.90 Å². The summed E-state index contributed by atoms with van der Waals surface area (Å²) >= 11 is 5.03. The predicted molar refractivity (Wildman–Crippen MR) is 84.3 cm³/mol. The second-order valence-corrected chi connectivity index (χ2v) is 5.69. The van der Waals surface area contributed by atoms with Crippen LogP contribution in [-0.2, 0) is 4.74 Å². The molecular weight excluding hydrogens is 272 g/mol. The summed E-state index contributed by atoms with van der Waals surface area (Å²) in [5, 5.41) is 0. The van der Waals surface area contributed by atoms with Gasteiger partial charge in [-0.25, -0.2) is 0 Å². The Morgan fingerprint density at radius 1 is 1.50 bits per heavy atom. The number of ether oxygens (including phenoxy) is 2. The maximum absolute atomic E-state index is 5.85. The van der Waals surface area contributed by atoms with E-state index in [1.807, 2.05) is 24.3 Å². The summed E-state index contributed by atoms with van der Waals surface area (Å²) in [6.45, 7) is 7.55. The number of para-hydroxylation sites is 1. The van der Waals surface area contributed by atoms with Gasteiger partial charge < -0.3 is 15.2 Å². The highest BCUT2D eigenvalue weighted by Gasteiger charge is 2.23. The molecule has 5 heteroatoms. The maximum atomic E-state index is 5.85. The van der Waals surface area contributed by atoms with E-state index >= 15 is 0 Å². The molecule has 0 amide bonds. The lowest BCUT2D eigenvalue weighted by molar-refractivity contribution is -0.0564. The van der Waals surface area contributed by atoms with Gasteiger partial charge in [0, 0.05) is 19.1 Å². The number of benzene rings is 1. The van der Waals surface area contributed by atoms with E-state index in [1.54, 1.807) is 0 Å². The molecule has 0 bridgehead atoms. The van der Waals surface area contributed by atoms with Crippen molar-refractivity contribution in [2.24, 2.45) is 5.73 Å². The molecule has 1 saturated heterocycles. The monoisotopic (exact) mass is 294 g/mol. The highest BCUT2D eigenvalue weighted by Crippen LogP contribution is 2.19. The van der Waals surface area contributed by atoms with Crippen molar-refractivity contribution in [2.75, 3.05) is 26.3 Å². The second-order valence-electron chi connectivity index (χ2n) is 5.25. The average molecular weight is 294 g/mol. The first-order valence-corrected chi connectivity index (χ1v) is 7.36. The van der Waals surface area contributed by atoms with Crippen LogP contribution in [-0.4, -0.2) is 48.3 Å². The molecule has 2 N–H and O–H groups in total. The minimum atomic E-state index is 0.0885. The molecule has 1 aliphatic heterocycles. The largest absolute Gasteiger partial charge is 0.490 e. The summed E-state index contributed by atoms with van der Waals surface area (Å²) < 4.78 is 11.6. The van der Waals surface area contributed by atoms with Crippen LogP contribution in [0.1, 0.15) is 19.4 Å². The first kappa shape index (κ1) is 15.2. The Balaban J connectivity index is 1.94. The van der Waals surface area contributed by atoms with Gasteiger partial charge >= 0.3 is 0 Å². The number of hydrogen-bond donors (Lipinski definition) is 1. The van der Waals surface area contributed by atoms with Crippen molar-refractivity contribution in [3.8, 4) is 5.75 Å². The van der Waals surface area contributed by atoms with E-state index in [0.29, 0.717) is 17.6 Å². The van der Waals surface area contributed by atoms with Crippen molar-refractivity contribution in [2.45, 2.75) is 26.0 Å². The Hall–Kier alpha value is -1.17. The number of nitrogens with two attached hydrogens (primary N) is 1. The van der Waals surface area contributed by atoms with Crippen LogP contribution in [0.15, 0.2) is 24.3 Å². The van der Waals surface area contributed by atoms with Gasteiger partial charge in [-0.2, -0.15) is 0 Å². The van der Waals surface area contributed by atoms with Crippen LogP contribution in [0.3, 0.4) is 0 Å². The van der Waals surface area contributed by atoms with Gasteiger partial charge in [0.25, 0.3) is 0 Å². The molecule has 0 aliphatic carbocycles. The van der Waals surface area contributed by atoms with Gasteiger partial charge in [0.15, 0.2) is 0 Å². The summed E-state index contributed by atoms with van der Waals surface area (Å²) in [5.74, 6) is 0.727. The molecule has 20 heavy (non-hydrogen) atoms. The van der Waals surface area contributed by atoms with Crippen LogP contribution in [0.25, 0.3) is 0 Å². The molecular formula is C15H22N2O2S. The van der Waals surface area contributed by atoms with Crippen molar-refractivity contribution in [3.63, 3.8) is 0 Å². The average Bonchev–Trinajstić information content (AvgIpc) is 2.45. The molecule has 1 fully saturated rings. The summed E-state index contributed by atoms with van der Waals surface area (Å²) in [5.41, 5.74) is 6.47. The van der Waals surface area contributed by atoms with Gasteiger partial charge in [0.1, 0.15) is 23.4 Å². The Labute approximate surface area is 125 Å². The maximum Gasteiger partial charge on any atom is 0.129 e. The third-order valence-corrected chi connectivity index (χ3v) is 3.70. The van der Waals surface area contributed by atoms with Gasteiger partial charge in [-0.05, 0) is 26.0 Å². The summed E-state index contributed by atoms with van der Waals surface area (Å²) in [6.07, 6.45) is 0.0885. The van der Waals surface area contributed by atoms with E-state index < -0.39 is 0 Å². The molecule has 1 aliphatic rings. The zero-order valence-electron chi connectivity index (χ0n) is 12.0. The van der Waals surface area contributed by atoms with Gasteiger partial charge in [-0.1, -0.05) is 24.4 Å². The van der Waals surface area contributed by atoms with Crippen LogP contribution in [0, 0.1) is 0 Å². The highest BCUT2D eigenvalue weighted by molar-refractivity contribution is 7.80. The van der Waals surface area contributed by atoms with E-state index in [2.05, 4.69) is 18.7 Å². The second kappa shape index (κ2) is 7.02. The Morgan fingerprint density at radius 3 is 2.95 bits per heavy atom. The zero-order valence-corrected chi connectivity index (χ0v) is 12.9. The van der Waals surface area contributed by atoms with Crippen molar-refractivity contribution >= 4 is 17.2 Å². The van der Waals surface area contributed by atoms with Gasteiger partial charge in [0.05, 0.1) is 12.2 Å². The van der Waals surface area contributed by atoms with Crippen LogP contribution in [0.2, 0.25) is 0 Å². The quantitative estimate of drug-likeness (QED) is 0.839. The van der Waals surface area contributed by atoms with E-state index in [4.69, 9.17) is 27.4 Å². The van der Waals surface area contributed by atoms with Crippen LogP contribution in [0.5, 0.6) is 5.75 Å². The fourth-order valence-electron chi connectivity index (χ4n) is 2.29. The molecule has 0 radical (unpaired) electrons. The number of morpholine rings is 1. The summed E-state index contributed by atoms with van der Waals surface area (Å²) in [4.78, 5) is 2.76. The zero-order chi connectivity index (χ0) is 14.5. The molecule has 0 aromatic heterocycles. The number of hydrogen-bond acceptors (Lipinski definition) is 4. The molecule has 2 rings (SSSR count). The minimum absolute atomic E-state index is 0.0885. The third-order valence-electron chi connectivity index (χ3n) is 3.48. The van der Waals surface area contributed by atoms with Crippen molar-refractivity contribution in [1.29, 1.82) is 0 Å². The fourth-order valence-corrected chi connectivity index (χ4v) is 2.46. The van der Waals surface area contributed by atoms with Crippen LogP contribution < -0.4 is 10.5 Å². The van der Waals surface area contributed by atoms with Gasteiger partial charge in [-0.3, -0.25) is 4.90 Å². The van der Waals surface area contributed by atoms with Gasteiger partial charge in [0.2, 0.25) is 0 Å². The number of rotatable bonds is 5. The van der Waals surface area contributed by atoms with Crippen molar-refractivity contribution in [3.05, 3.63) is 29.8 Å². The number of nitrogens with zero attached hydrogens (tertiary/aromatic N) is 1. The standard InChI is InChI=1S/C15H22N2O2S/c1-11(2)17-7-8-18-12(9-17)10-19-14-6-4-3-5-13(14)15(16)20/h3-6,11-12H,7-10H2,1-2H3,(H2,16,20). The Kier molecular flexibility index (Phi) is 5.34. The Bertz CT molecular complexity index is 465. The number of thiocarbonyl (C=S) groups is 1. The lowest BCUT2D eigenvalue weighted by Gasteiger charge is -2.35. The van der Waals surface area contributed by atoms with Crippen LogP contribution >= 0.6 is 12.2 Å². The van der Waals surface area contributed by atoms with E-state index in [1.165, 1.54) is 0 Å². The molecule has 1 atom stereocenters. The summed E-state index contributed by atoms with van der Waals surface area (Å²) in [7, 11) is 0. The Morgan fingerprint density at radius 2 is 2.25 bits per heavy atom. The fraction of sp³-hybridized carbons (Fsp3) is 0.533. The van der Waals surface area contributed by atoms with Gasteiger partial charge in [-0.15, -0.1) is 0 Å². The molecule has 0 saturated carbocycles. The first-order valence-electron chi connectivity index (χ1n) is 6.95. The SMILES string of the molecule is CC(C)N1CCOC(COc2ccccc2C(N)=S)C1. The topological polar surface area (TPSA) is 47.7 Å². The minimum Gasteiger partial charge on any atom is -0.490 e. The molecule has 1 unspecified atom stereocenters. The molecule has 4 nitrogen and oxygen atoms in total. The van der Waals surface area contributed by atoms with E-state index in [0.717, 1.165) is 31.0 Å². The van der Waals surface area contributed by atoms with E-state index in [-0.39, 0.29) is 6.10 Å². The normalized spacial score (nSPS) is 20.1. The summed E-state index contributed by atoms with van der Waals surface area (Å²) in [6, 6.07) is 8.11.